The second kappa shape index (κ2) is 6.16. The predicted octanol–water partition coefficient (Wildman–Crippen LogP) is 0.922. The van der Waals surface area contributed by atoms with Gasteiger partial charge < -0.3 is 15.4 Å². The smallest absolute Gasteiger partial charge is 0.145 e. The zero-order valence-electron chi connectivity index (χ0n) is 11.6. The Balaban J connectivity index is 2.30. The minimum absolute atomic E-state index is 0.134. The minimum Gasteiger partial charge on any atom is -0.394 e. The first kappa shape index (κ1) is 14.0. The van der Waals surface area contributed by atoms with Crippen LogP contribution in [0.2, 0.25) is 0 Å². The van der Waals surface area contributed by atoms with Crippen molar-refractivity contribution < 1.29 is 5.11 Å². The van der Waals surface area contributed by atoms with Gasteiger partial charge in [-0.1, -0.05) is 13.8 Å². The average Bonchev–Trinajstić information content (AvgIpc) is 2.79. The van der Waals surface area contributed by atoms with Crippen LogP contribution < -0.4 is 16.2 Å². The largest absolute Gasteiger partial charge is 0.394 e. The Labute approximate surface area is 114 Å². The molecule has 2 heterocycles. The molecule has 1 saturated heterocycles. The molecule has 0 aromatic carbocycles. The number of nitrogen functional groups attached to an aromatic ring is 1. The molecular formula is C13H23N5O. The Bertz CT molecular complexity index is 425. The van der Waals surface area contributed by atoms with Crippen LogP contribution in [0.5, 0.6) is 0 Å². The highest BCUT2D eigenvalue weighted by molar-refractivity contribution is 5.50. The van der Waals surface area contributed by atoms with Crippen LogP contribution in [-0.2, 0) is 6.42 Å². The van der Waals surface area contributed by atoms with Gasteiger partial charge in [-0.05, 0) is 18.8 Å². The summed E-state index contributed by atoms with van der Waals surface area (Å²) in [6, 6.07) is 1.98. The summed E-state index contributed by atoms with van der Waals surface area (Å²) in [6.07, 6.45) is 2.90. The predicted molar refractivity (Wildman–Crippen MR) is 75.8 cm³/mol. The molecule has 1 aliphatic heterocycles. The molecule has 0 saturated carbocycles. The maximum Gasteiger partial charge on any atom is 0.145 e. The first-order valence-electron chi connectivity index (χ1n) is 6.91. The Morgan fingerprint density at radius 2 is 2.32 bits per heavy atom. The molecule has 19 heavy (non-hydrogen) atoms. The van der Waals surface area contributed by atoms with Crippen LogP contribution >= 0.6 is 0 Å². The highest BCUT2D eigenvalue weighted by atomic mass is 16.3. The van der Waals surface area contributed by atoms with Crippen LogP contribution in [0.3, 0.4) is 0 Å². The number of aromatic nitrogens is 2. The number of anilines is 2. The number of nitrogens with two attached hydrogens (primary N) is 1. The third kappa shape index (κ3) is 2.96. The van der Waals surface area contributed by atoms with Crippen LogP contribution in [-0.4, -0.2) is 34.3 Å². The molecule has 1 aliphatic rings. The lowest BCUT2D eigenvalue weighted by molar-refractivity contribution is 0.244. The Morgan fingerprint density at radius 3 is 2.95 bits per heavy atom. The molecule has 2 unspecified atom stereocenters. The van der Waals surface area contributed by atoms with Crippen molar-refractivity contribution >= 4 is 11.6 Å². The number of hydrogen-bond acceptors (Lipinski definition) is 6. The van der Waals surface area contributed by atoms with Gasteiger partial charge in [-0.3, -0.25) is 0 Å². The molecule has 4 N–H and O–H groups in total. The molecule has 2 atom stereocenters. The number of hydrazine groups is 1. The number of aryl methyl sites for hydroxylation is 1. The zero-order chi connectivity index (χ0) is 13.8. The lowest BCUT2D eigenvalue weighted by atomic mass is 10.0. The highest BCUT2D eigenvalue weighted by Gasteiger charge is 2.31. The molecule has 6 heteroatoms. The van der Waals surface area contributed by atoms with Gasteiger partial charge in [0.05, 0.1) is 12.6 Å². The van der Waals surface area contributed by atoms with Gasteiger partial charge in [-0.25, -0.2) is 15.8 Å². The lowest BCUT2D eigenvalue weighted by Gasteiger charge is -2.26. The van der Waals surface area contributed by atoms with Crippen molar-refractivity contribution in [2.24, 2.45) is 11.8 Å². The van der Waals surface area contributed by atoms with Crippen molar-refractivity contribution in [2.45, 2.75) is 39.2 Å². The van der Waals surface area contributed by atoms with E-state index in [1.165, 1.54) is 0 Å². The van der Waals surface area contributed by atoms with Crippen LogP contribution in [0, 0.1) is 5.92 Å². The molecule has 0 radical (unpaired) electrons. The van der Waals surface area contributed by atoms with Gasteiger partial charge in [0.15, 0.2) is 0 Å². The molecule has 0 bridgehead atoms. The highest BCUT2D eigenvalue weighted by Crippen LogP contribution is 2.29. The van der Waals surface area contributed by atoms with Gasteiger partial charge in [-0.2, -0.15) is 0 Å². The maximum atomic E-state index is 9.54. The molecule has 106 valence electrons. The van der Waals surface area contributed by atoms with Crippen LogP contribution in [0.25, 0.3) is 0 Å². The quantitative estimate of drug-likeness (QED) is 0.542. The number of nitrogens with one attached hydrogen (secondary N) is 1. The van der Waals surface area contributed by atoms with Gasteiger partial charge in [-0.15, -0.1) is 0 Å². The fourth-order valence-corrected chi connectivity index (χ4v) is 2.61. The summed E-state index contributed by atoms with van der Waals surface area (Å²) in [6.45, 7) is 5.33. The summed E-state index contributed by atoms with van der Waals surface area (Å²) in [5, 5.41) is 9.54. The van der Waals surface area contributed by atoms with Crippen LogP contribution in [0.4, 0.5) is 11.6 Å². The number of nitrogens with zero attached hydrogens (tertiary/aromatic N) is 3. The van der Waals surface area contributed by atoms with Crippen molar-refractivity contribution in [3.05, 3.63) is 11.9 Å². The van der Waals surface area contributed by atoms with E-state index in [1.54, 1.807) is 0 Å². The zero-order valence-corrected chi connectivity index (χ0v) is 11.6. The molecule has 0 amide bonds. The van der Waals surface area contributed by atoms with E-state index in [2.05, 4.69) is 34.1 Å². The molecule has 0 spiro atoms. The summed E-state index contributed by atoms with van der Waals surface area (Å²) in [5.41, 5.74) is 2.59. The topological polar surface area (TPSA) is 87.3 Å². The molecule has 1 aromatic rings. The summed E-state index contributed by atoms with van der Waals surface area (Å²) < 4.78 is 0. The summed E-state index contributed by atoms with van der Waals surface area (Å²) >= 11 is 0. The van der Waals surface area contributed by atoms with E-state index in [0.29, 0.717) is 11.7 Å². The van der Waals surface area contributed by atoms with E-state index in [1.807, 2.05) is 6.07 Å². The molecular weight excluding hydrogens is 242 g/mol. The minimum atomic E-state index is 0.134. The Morgan fingerprint density at radius 1 is 1.53 bits per heavy atom. The van der Waals surface area contributed by atoms with Gasteiger partial charge in [0.1, 0.15) is 17.5 Å². The third-order valence-electron chi connectivity index (χ3n) is 3.74. The van der Waals surface area contributed by atoms with Gasteiger partial charge in [0, 0.05) is 19.0 Å². The van der Waals surface area contributed by atoms with Crippen molar-refractivity contribution in [1.82, 2.24) is 9.97 Å². The second-order valence-corrected chi connectivity index (χ2v) is 5.13. The van der Waals surface area contributed by atoms with E-state index in [9.17, 15) is 5.11 Å². The van der Waals surface area contributed by atoms with Gasteiger partial charge >= 0.3 is 0 Å². The van der Waals surface area contributed by atoms with Crippen molar-refractivity contribution in [3.63, 3.8) is 0 Å². The first-order valence-corrected chi connectivity index (χ1v) is 6.91. The molecule has 1 fully saturated rings. The third-order valence-corrected chi connectivity index (χ3v) is 3.74. The first-order chi connectivity index (χ1) is 9.19. The number of aliphatic hydroxyl groups is 1. The summed E-state index contributed by atoms with van der Waals surface area (Å²) in [7, 11) is 0. The maximum absolute atomic E-state index is 9.54. The summed E-state index contributed by atoms with van der Waals surface area (Å²) in [4.78, 5) is 11.1. The Kier molecular flexibility index (Phi) is 4.55. The van der Waals surface area contributed by atoms with Gasteiger partial charge in [0.25, 0.3) is 0 Å². The molecule has 0 aliphatic carbocycles. The number of hydrogen-bond donors (Lipinski definition) is 3. The number of rotatable bonds is 5. The molecule has 1 aromatic heterocycles. The Hall–Kier alpha value is -1.40. The average molecular weight is 265 g/mol. The van der Waals surface area contributed by atoms with E-state index in [-0.39, 0.29) is 12.6 Å². The van der Waals surface area contributed by atoms with Crippen LogP contribution in [0.15, 0.2) is 6.07 Å². The second-order valence-electron chi connectivity index (χ2n) is 5.13. The monoisotopic (exact) mass is 265 g/mol. The van der Waals surface area contributed by atoms with E-state index >= 15 is 0 Å². The van der Waals surface area contributed by atoms with Crippen molar-refractivity contribution in [3.8, 4) is 0 Å². The molecule has 2 rings (SSSR count). The van der Waals surface area contributed by atoms with Crippen molar-refractivity contribution in [2.75, 3.05) is 23.5 Å². The lowest BCUT2D eigenvalue weighted by Crippen LogP contribution is -2.36. The van der Waals surface area contributed by atoms with Crippen molar-refractivity contribution in [1.29, 1.82) is 0 Å². The van der Waals surface area contributed by atoms with E-state index in [4.69, 9.17) is 5.84 Å². The fourth-order valence-electron chi connectivity index (χ4n) is 2.61. The normalized spacial score (nSPS) is 22.8. The number of aliphatic hydroxyl groups excluding tert-OH is 1. The fraction of sp³-hybridized carbons (Fsp3) is 0.692. The SMILES string of the molecule is CCCc1nc(NN)cc(N2CCC(C)C2CO)n1. The summed E-state index contributed by atoms with van der Waals surface area (Å²) in [5.74, 6) is 8.23. The van der Waals surface area contributed by atoms with Crippen LogP contribution in [0.1, 0.15) is 32.5 Å². The van der Waals surface area contributed by atoms with E-state index < -0.39 is 0 Å². The van der Waals surface area contributed by atoms with Gasteiger partial charge in [0.2, 0.25) is 0 Å². The standard InChI is InChI=1S/C13H23N5O/c1-3-4-11-15-12(17-14)7-13(16-11)18-6-5-9(2)10(18)8-19/h7,9-10,19H,3-6,8,14H2,1-2H3,(H,15,16,17). The van der Waals surface area contributed by atoms with E-state index in [0.717, 1.165) is 37.4 Å². The molecule has 6 nitrogen and oxygen atoms in total.